The van der Waals surface area contributed by atoms with Crippen LogP contribution in [0.15, 0.2) is 24.4 Å². The Morgan fingerprint density at radius 3 is 2.83 bits per heavy atom. The van der Waals surface area contributed by atoms with Gasteiger partial charge in [0.1, 0.15) is 4.88 Å². The van der Waals surface area contributed by atoms with E-state index >= 15 is 0 Å². The summed E-state index contributed by atoms with van der Waals surface area (Å²) in [5, 5.41) is 15.9. The van der Waals surface area contributed by atoms with Gasteiger partial charge in [-0.15, -0.1) is 0 Å². The van der Waals surface area contributed by atoms with Crippen molar-refractivity contribution in [1.82, 2.24) is 4.98 Å². The van der Waals surface area contributed by atoms with Crippen molar-refractivity contribution in [1.29, 1.82) is 0 Å². The molecule has 0 saturated heterocycles. The summed E-state index contributed by atoms with van der Waals surface area (Å²) in [6, 6.07) is 4.77. The second-order valence-corrected chi connectivity index (χ2v) is 6.87. The predicted octanol–water partition coefficient (Wildman–Crippen LogP) is 3.48. The Morgan fingerprint density at radius 1 is 1.38 bits per heavy atom. The van der Waals surface area contributed by atoms with Gasteiger partial charge in [0.05, 0.1) is 11.8 Å². The van der Waals surface area contributed by atoms with Crippen LogP contribution in [0.4, 0.5) is 10.8 Å². The second kappa shape index (κ2) is 7.00. The lowest BCUT2D eigenvalue weighted by molar-refractivity contribution is 0.0696. The van der Waals surface area contributed by atoms with Crippen molar-refractivity contribution in [2.24, 2.45) is 5.92 Å². The SMILES string of the molecule is CCc1ccc(C(=O)O)cc1NC(=O)c1cnc(NCC2CC2)s1. The zero-order valence-corrected chi connectivity index (χ0v) is 14.2. The molecule has 0 spiro atoms. The van der Waals surface area contributed by atoms with Crippen LogP contribution in [-0.4, -0.2) is 28.5 Å². The molecule has 0 radical (unpaired) electrons. The van der Waals surface area contributed by atoms with Crippen molar-refractivity contribution in [3.05, 3.63) is 40.4 Å². The molecule has 1 aliphatic carbocycles. The van der Waals surface area contributed by atoms with Crippen LogP contribution < -0.4 is 10.6 Å². The molecule has 7 heteroatoms. The van der Waals surface area contributed by atoms with Crippen molar-refractivity contribution in [3.8, 4) is 0 Å². The van der Waals surface area contributed by atoms with Crippen LogP contribution in [-0.2, 0) is 6.42 Å². The molecule has 1 aromatic heterocycles. The number of carbonyl (C=O) groups is 2. The second-order valence-electron chi connectivity index (χ2n) is 5.84. The monoisotopic (exact) mass is 345 g/mol. The molecular weight excluding hydrogens is 326 g/mol. The van der Waals surface area contributed by atoms with Gasteiger partial charge in [-0.25, -0.2) is 9.78 Å². The molecule has 0 unspecified atom stereocenters. The first-order valence-corrected chi connectivity index (χ1v) is 8.75. The van der Waals surface area contributed by atoms with Gasteiger partial charge >= 0.3 is 5.97 Å². The van der Waals surface area contributed by atoms with Crippen LogP contribution in [0, 0.1) is 5.92 Å². The first-order chi connectivity index (χ1) is 11.6. The van der Waals surface area contributed by atoms with Gasteiger partial charge in [-0.05, 0) is 42.9 Å². The first-order valence-electron chi connectivity index (χ1n) is 7.94. The van der Waals surface area contributed by atoms with E-state index in [0.29, 0.717) is 17.0 Å². The third kappa shape index (κ3) is 3.91. The smallest absolute Gasteiger partial charge is 0.335 e. The van der Waals surface area contributed by atoms with Crippen molar-refractivity contribution in [3.63, 3.8) is 0 Å². The summed E-state index contributed by atoms with van der Waals surface area (Å²) < 4.78 is 0. The number of aromatic carboxylic acids is 1. The molecule has 3 N–H and O–H groups in total. The number of hydrogen-bond acceptors (Lipinski definition) is 5. The lowest BCUT2D eigenvalue weighted by Gasteiger charge is -2.10. The number of anilines is 2. The summed E-state index contributed by atoms with van der Waals surface area (Å²) in [5.41, 5.74) is 1.58. The molecule has 3 rings (SSSR count). The maximum Gasteiger partial charge on any atom is 0.335 e. The van der Waals surface area contributed by atoms with E-state index in [1.54, 1.807) is 18.3 Å². The lowest BCUT2D eigenvalue weighted by atomic mass is 10.1. The molecule has 1 amide bonds. The Kier molecular flexibility index (Phi) is 4.80. The Bertz CT molecular complexity index is 768. The van der Waals surface area contributed by atoms with E-state index < -0.39 is 5.97 Å². The molecule has 126 valence electrons. The highest BCUT2D eigenvalue weighted by atomic mass is 32.1. The van der Waals surface area contributed by atoms with Crippen LogP contribution in [0.5, 0.6) is 0 Å². The fourth-order valence-corrected chi connectivity index (χ4v) is 3.05. The van der Waals surface area contributed by atoms with Crippen LogP contribution >= 0.6 is 11.3 Å². The molecule has 1 aliphatic rings. The number of carboxylic acid groups (broad SMARTS) is 1. The van der Waals surface area contributed by atoms with E-state index in [0.717, 1.165) is 23.2 Å². The topological polar surface area (TPSA) is 91.3 Å². The molecule has 0 atom stereocenters. The fraction of sp³-hybridized carbons (Fsp3) is 0.353. The highest BCUT2D eigenvalue weighted by Gasteiger charge is 2.21. The zero-order valence-electron chi connectivity index (χ0n) is 13.3. The Hall–Kier alpha value is -2.41. The Labute approximate surface area is 143 Å². The number of amides is 1. The molecule has 2 aromatic rings. The van der Waals surface area contributed by atoms with E-state index in [9.17, 15) is 9.59 Å². The average molecular weight is 345 g/mol. The van der Waals surface area contributed by atoms with E-state index in [1.165, 1.54) is 30.2 Å². The summed E-state index contributed by atoms with van der Waals surface area (Å²) in [5.74, 6) is -0.557. The third-order valence-electron chi connectivity index (χ3n) is 3.95. The third-order valence-corrected chi connectivity index (χ3v) is 4.91. The van der Waals surface area contributed by atoms with Gasteiger partial charge < -0.3 is 15.7 Å². The number of hydrogen-bond donors (Lipinski definition) is 3. The van der Waals surface area contributed by atoms with Crippen LogP contribution in [0.25, 0.3) is 0 Å². The normalized spacial score (nSPS) is 13.5. The maximum absolute atomic E-state index is 12.4. The summed E-state index contributed by atoms with van der Waals surface area (Å²) in [6.45, 7) is 2.85. The van der Waals surface area contributed by atoms with Gasteiger partial charge in [0.15, 0.2) is 5.13 Å². The quantitative estimate of drug-likeness (QED) is 0.714. The lowest BCUT2D eigenvalue weighted by Crippen LogP contribution is -2.12. The minimum absolute atomic E-state index is 0.151. The number of aromatic nitrogens is 1. The number of nitrogens with one attached hydrogen (secondary N) is 2. The number of benzene rings is 1. The molecule has 1 saturated carbocycles. The molecule has 6 nitrogen and oxygen atoms in total. The summed E-state index contributed by atoms with van der Waals surface area (Å²) in [4.78, 5) is 28.2. The van der Waals surface area contributed by atoms with Gasteiger partial charge in [-0.3, -0.25) is 4.79 Å². The van der Waals surface area contributed by atoms with Crippen molar-refractivity contribution in [2.75, 3.05) is 17.2 Å². The minimum atomic E-state index is -1.02. The largest absolute Gasteiger partial charge is 0.478 e. The predicted molar refractivity (Wildman–Crippen MR) is 94.1 cm³/mol. The summed E-state index contributed by atoms with van der Waals surface area (Å²) >= 11 is 1.30. The van der Waals surface area contributed by atoms with Crippen LogP contribution in [0.1, 0.15) is 45.4 Å². The maximum atomic E-state index is 12.4. The zero-order chi connectivity index (χ0) is 17.1. The van der Waals surface area contributed by atoms with Gasteiger partial charge in [-0.1, -0.05) is 24.3 Å². The number of rotatable bonds is 7. The standard InChI is InChI=1S/C17H19N3O3S/c1-2-11-5-6-12(16(22)23)7-13(11)20-15(21)14-9-19-17(24-14)18-8-10-3-4-10/h5-7,9-10H,2-4,8H2,1H3,(H,18,19)(H,20,21)(H,22,23). The van der Waals surface area contributed by atoms with Gasteiger partial charge in [-0.2, -0.15) is 0 Å². The molecule has 1 aromatic carbocycles. The van der Waals surface area contributed by atoms with Gasteiger partial charge in [0.2, 0.25) is 0 Å². The van der Waals surface area contributed by atoms with Crippen LogP contribution in [0.2, 0.25) is 0 Å². The number of carboxylic acids is 1. The van der Waals surface area contributed by atoms with E-state index in [-0.39, 0.29) is 11.5 Å². The van der Waals surface area contributed by atoms with Crippen molar-refractivity contribution in [2.45, 2.75) is 26.2 Å². The van der Waals surface area contributed by atoms with E-state index in [4.69, 9.17) is 5.11 Å². The van der Waals surface area contributed by atoms with Crippen molar-refractivity contribution >= 4 is 34.0 Å². The molecule has 1 fully saturated rings. The molecule has 24 heavy (non-hydrogen) atoms. The molecular formula is C17H19N3O3S. The number of thiazole rings is 1. The van der Waals surface area contributed by atoms with Crippen molar-refractivity contribution < 1.29 is 14.7 Å². The number of aryl methyl sites for hydroxylation is 1. The Balaban J connectivity index is 1.71. The Morgan fingerprint density at radius 2 is 2.17 bits per heavy atom. The highest BCUT2D eigenvalue weighted by molar-refractivity contribution is 7.17. The average Bonchev–Trinajstić information content (AvgIpc) is 3.28. The number of carbonyl (C=O) groups excluding carboxylic acids is 1. The summed E-state index contributed by atoms with van der Waals surface area (Å²) in [6.07, 6.45) is 4.76. The molecule has 0 aliphatic heterocycles. The summed E-state index contributed by atoms with van der Waals surface area (Å²) in [7, 11) is 0. The fourth-order valence-electron chi connectivity index (χ4n) is 2.33. The molecule has 0 bridgehead atoms. The van der Waals surface area contributed by atoms with Gasteiger partial charge in [0, 0.05) is 12.2 Å². The van der Waals surface area contributed by atoms with Gasteiger partial charge in [0.25, 0.3) is 5.91 Å². The number of nitrogens with zero attached hydrogens (tertiary/aromatic N) is 1. The first kappa shape index (κ1) is 16.4. The molecule has 1 heterocycles. The minimum Gasteiger partial charge on any atom is -0.478 e. The van der Waals surface area contributed by atoms with Crippen LogP contribution in [0.3, 0.4) is 0 Å². The highest BCUT2D eigenvalue weighted by Crippen LogP contribution is 2.30. The van der Waals surface area contributed by atoms with E-state index in [1.807, 2.05) is 6.92 Å². The van der Waals surface area contributed by atoms with E-state index in [2.05, 4.69) is 15.6 Å².